The minimum absolute atomic E-state index is 0.0519. The molecule has 0 aromatic heterocycles. The number of alkyl halides is 1. The molecule has 0 fully saturated rings. The van der Waals surface area contributed by atoms with Crippen LogP contribution in [0.1, 0.15) is 22.3 Å². The van der Waals surface area contributed by atoms with Gasteiger partial charge in [-0.25, -0.2) is 0 Å². The fourth-order valence-electron chi connectivity index (χ4n) is 1.05. The Balaban J connectivity index is 3.11. The Morgan fingerprint density at radius 3 is 2.86 bits per heavy atom. The first-order valence-electron chi connectivity index (χ1n) is 3.98. The van der Waals surface area contributed by atoms with E-state index < -0.39 is 0 Å². The first-order valence-corrected chi connectivity index (χ1v) is 5.31. The molecule has 0 unspecified atom stereocenters. The van der Waals surface area contributed by atoms with Gasteiger partial charge in [-0.1, -0.05) is 12.1 Å². The summed E-state index contributed by atoms with van der Waals surface area (Å²) in [6.07, 6.45) is 0.287. The van der Waals surface area contributed by atoms with Gasteiger partial charge in [0.1, 0.15) is 6.07 Å². The molecule has 0 amide bonds. The fourth-order valence-corrected chi connectivity index (χ4v) is 1.80. The quantitative estimate of drug-likeness (QED) is 0.626. The molecule has 0 aliphatic carbocycles. The summed E-state index contributed by atoms with van der Waals surface area (Å²) in [6.45, 7) is 0. The molecule has 0 spiro atoms. The minimum Gasteiger partial charge on any atom is -0.294 e. The molecular weight excluding hydrogens is 265 g/mol. The molecule has 72 valence electrons. The summed E-state index contributed by atoms with van der Waals surface area (Å²) < 4.78 is 0.553. The molecule has 1 aromatic rings. The van der Waals surface area contributed by atoms with E-state index in [1.54, 1.807) is 18.2 Å². The van der Waals surface area contributed by atoms with Crippen LogP contribution in [0.2, 0.25) is 0 Å². The Morgan fingerprint density at radius 1 is 1.57 bits per heavy atom. The van der Waals surface area contributed by atoms with E-state index in [2.05, 4.69) is 15.9 Å². The van der Waals surface area contributed by atoms with E-state index >= 15 is 0 Å². The lowest BCUT2D eigenvalue weighted by molar-refractivity contribution is 0.0988. The Hall–Kier alpha value is -0.850. The van der Waals surface area contributed by atoms with Crippen molar-refractivity contribution in [2.75, 3.05) is 5.88 Å². The lowest BCUT2D eigenvalue weighted by Gasteiger charge is -2.02. The van der Waals surface area contributed by atoms with Crippen LogP contribution in [0.25, 0.3) is 0 Å². The Bertz CT molecular complexity index is 398. The van der Waals surface area contributed by atoms with Crippen molar-refractivity contribution >= 4 is 33.3 Å². The first-order chi connectivity index (χ1) is 6.70. The van der Waals surface area contributed by atoms with Gasteiger partial charge in [-0.15, -0.1) is 11.6 Å². The summed E-state index contributed by atoms with van der Waals surface area (Å²) in [5, 5.41) is 8.74. The minimum atomic E-state index is -0.0519. The van der Waals surface area contributed by atoms with Crippen molar-refractivity contribution in [1.29, 1.82) is 5.26 Å². The lowest BCUT2D eigenvalue weighted by Crippen LogP contribution is -2.01. The van der Waals surface area contributed by atoms with Crippen molar-refractivity contribution in [2.45, 2.75) is 6.42 Å². The van der Waals surface area contributed by atoms with E-state index in [0.717, 1.165) is 0 Å². The molecule has 0 saturated heterocycles. The Kier molecular flexibility index (Phi) is 4.12. The highest BCUT2D eigenvalue weighted by Gasteiger charge is 2.11. The van der Waals surface area contributed by atoms with Gasteiger partial charge in [0.2, 0.25) is 0 Å². The van der Waals surface area contributed by atoms with Crippen molar-refractivity contribution in [3.05, 3.63) is 33.8 Å². The summed E-state index contributed by atoms with van der Waals surface area (Å²) in [5.41, 5.74) is 0.982. The molecule has 1 aromatic carbocycles. The number of halogens is 2. The highest BCUT2D eigenvalue weighted by atomic mass is 79.9. The number of nitriles is 1. The molecule has 0 N–H and O–H groups in total. The van der Waals surface area contributed by atoms with Gasteiger partial charge in [0, 0.05) is 22.3 Å². The summed E-state index contributed by atoms with van der Waals surface area (Å²) in [7, 11) is 0. The normalized spacial score (nSPS) is 9.50. The average molecular weight is 273 g/mol. The molecule has 0 bridgehead atoms. The fraction of sp³-hybridized carbons (Fsp3) is 0.200. The van der Waals surface area contributed by atoms with Crippen molar-refractivity contribution in [2.24, 2.45) is 0 Å². The Morgan fingerprint density at radius 2 is 2.29 bits per heavy atom. The van der Waals surface area contributed by atoms with Crippen LogP contribution in [0.4, 0.5) is 0 Å². The number of rotatable bonds is 3. The van der Waals surface area contributed by atoms with E-state index in [9.17, 15) is 4.79 Å². The van der Waals surface area contributed by atoms with Gasteiger partial charge in [-0.05, 0) is 22.0 Å². The first kappa shape index (κ1) is 11.2. The highest BCUT2D eigenvalue weighted by molar-refractivity contribution is 9.10. The van der Waals surface area contributed by atoms with Crippen LogP contribution in [0, 0.1) is 11.3 Å². The number of carbonyl (C=O) groups is 1. The maximum Gasteiger partial charge on any atom is 0.165 e. The lowest BCUT2D eigenvalue weighted by atomic mass is 10.1. The van der Waals surface area contributed by atoms with Crippen molar-refractivity contribution in [3.8, 4) is 6.07 Å². The van der Waals surface area contributed by atoms with Crippen LogP contribution in [0.3, 0.4) is 0 Å². The standard InChI is InChI=1S/C10H7BrClNO/c11-10-7(6-13)2-1-3-8(10)9(14)4-5-12/h1-3H,4-5H2. The molecule has 0 atom stereocenters. The third-order valence-corrected chi connectivity index (χ3v) is 2.78. The van der Waals surface area contributed by atoms with Gasteiger partial charge in [0.25, 0.3) is 0 Å². The highest BCUT2D eigenvalue weighted by Crippen LogP contribution is 2.22. The molecular formula is C10H7BrClNO. The van der Waals surface area contributed by atoms with Gasteiger partial charge >= 0.3 is 0 Å². The zero-order chi connectivity index (χ0) is 10.6. The zero-order valence-corrected chi connectivity index (χ0v) is 9.60. The second kappa shape index (κ2) is 5.14. The van der Waals surface area contributed by atoms with Gasteiger partial charge in [-0.2, -0.15) is 5.26 Å². The number of hydrogen-bond acceptors (Lipinski definition) is 2. The third kappa shape index (κ3) is 2.34. The van der Waals surface area contributed by atoms with Crippen LogP contribution in [-0.2, 0) is 0 Å². The molecule has 0 saturated carbocycles. The molecule has 1 rings (SSSR count). The molecule has 0 radical (unpaired) electrons. The molecule has 0 heterocycles. The predicted molar refractivity (Wildman–Crippen MR) is 58.5 cm³/mol. The smallest absolute Gasteiger partial charge is 0.165 e. The second-order valence-electron chi connectivity index (χ2n) is 2.64. The third-order valence-electron chi connectivity index (χ3n) is 1.74. The van der Waals surface area contributed by atoms with E-state index in [1.807, 2.05) is 6.07 Å². The van der Waals surface area contributed by atoms with Gasteiger partial charge in [0.05, 0.1) is 5.56 Å². The van der Waals surface area contributed by atoms with Gasteiger partial charge < -0.3 is 0 Å². The Labute approximate surface area is 95.6 Å². The van der Waals surface area contributed by atoms with Crippen molar-refractivity contribution in [3.63, 3.8) is 0 Å². The number of carbonyl (C=O) groups excluding carboxylic acids is 1. The molecule has 14 heavy (non-hydrogen) atoms. The maximum atomic E-state index is 11.5. The van der Waals surface area contributed by atoms with E-state index in [1.165, 1.54) is 0 Å². The van der Waals surface area contributed by atoms with Crippen LogP contribution < -0.4 is 0 Å². The van der Waals surface area contributed by atoms with Crippen molar-refractivity contribution < 1.29 is 4.79 Å². The van der Waals surface area contributed by atoms with E-state index in [-0.39, 0.29) is 12.2 Å². The summed E-state index contributed by atoms with van der Waals surface area (Å²) in [6, 6.07) is 7.02. The number of Topliss-reactive ketones (excluding diaryl/α,β-unsaturated/α-hetero) is 1. The average Bonchev–Trinajstić information content (AvgIpc) is 2.18. The van der Waals surface area contributed by atoms with Gasteiger partial charge in [-0.3, -0.25) is 4.79 Å². The number of nitrogens with zero attached hydrogens (tertiary/aromatic N) is 1. The molecule has 4 heteroatoms. The largest absolute Gasteiger partial charge is 0.294 e. The molecule has 0 aliphatic rings. The predicted octanol–water partition coefficient (Wildman–Crippen LogP) is 3.13. The van der Waals surface area contributed by atoms with Crippen LogP contribution in [0.5, 0.6) is 0 Å². The van der Waals surface area contributed by atoms with Gasteiger partial charge in [0.15, 0.2) is 5.78 Å². The summed E-state index contributed by atoms with van der Waals surface area (Å²) >= 11 is 8.70. The van der Waals surface area contributed by atoms with Crippen LogP contribution >= 0.6 is 27.5 Å². The van der Waals surface area contributed by atoms with E-state index in [4.69, 9.17) is 16.9 Å². The number of ketones is 1. The second-order valence-corrected chi connectivity index (χ2v) is 3.81. The van der Waals surface area contributed by atoms with Crippen molar-refractivity contribution in [1.82, 2.24) is 0 Å². The maximum absolute atomic E-state index is 11.5. The monoisotopic (exact) mass is 271 g/mol. The number of hydrogen-bond donors (Lipinski definition) is 0. The van der Waals surface area contributed by atoms with E-state index in [0.29, 0.717) is 21.5 Å². The zero-order valence-electron chi connectivity index (χ0n) is 7.26. The molecule has 0 aliphatic heterocycles. The topological polar surface area (TPSA) is 40.9 Å². The summed E-state index contributed by atoms with van der Waals surface area (Å²) in [4.78, 5) is 11.5. The molecule has 2 nitrogen and oxygen atoms in total. The SMILES string of the molecule is N#Cc1cccc(C(=O)CCCl)c1Br. The van der Waals surface area contributed by atoms with Crippen LogP contribution in [-0.4, -0.2) is 11.7 Å². The van der Waals surface area contributed by atoms with Crippen LogP contribution in [0.15, 0.2) is 22.7 Å². The summed E-state index contributed by atoms with van der Waals surface area (Å²) in [5.74, 6) is 0.242. The number of benzene rings is 1.